The van der Waals surface area contributed by atoms with Gasteiger partial charge in [0.15, 0.2) is 0 Å². The van der Waals surface area contributed by atoms with Crippen molar-refractivity contribution in [2.24, 2.45) is 0 Å². The van der Waals surface area contributed by atoms with E-state index in [0.717, 1.165) is 6.07 Å². The van der Waals surface area contributed by atoms with Gasteiger partial charge < -0.3 is 4.74 Å². The molecule has 1 aromatic heterocycles. The first-order chi connectivity index (χ1) is 10.6. The van der Waals surface area contributed by atoms with Crippen LogP contribution in [-0.2, 0) is 14.8 Å². The maximum atomic E-state index is 13.3. The van der Waals surface area contributed by atoms with E-state index in [0.29, 0.717) is 5.69 Å². The first kappa shape index (κ1) is 15.0. The third-order valence-electron chi connectivity index (χ3n) is 3.38. The molecule has 0 spiro atoms. The molecule has 22 heavy (non-hydrogen) atoms. The third-order valence-corrected chi connectivity index (χ3v) is 5.24. The zero-order valence-corrected chi connectivity index (χ0v) is 12.4. The van der Waals surface area contributed by atoms with Crippen LogP contribution in [0.25, 0.3) is 0 Å². The van der Waals surface area contributed by atoms with Crippen molar-refractivity contribution in [3.63, 3.8) is 0 Å². The minimum absolute atomic E-state index is 0.0627. The molecule has 1 aliphatic heterocycles. The van der Waals surface area contributed by atoms with E-state index in [1.165, 1.54) is 34.9 Å². The Morgan fingerprint density at radius 1 is 1.32 bits per heavy atom. The van der Waals surface area contributed by atoms with E-state index in [1.807, 2.05) is 0 Å². The molecule has 8 heteroatoms. The average Bonchev–Trinajstić information content (AvgIpc) is 2.56. The number of hydrogen-bond acceptors (Lipinski definition) is 5. The first-order valence-electron chi connectivity index (χ1n) is 6.70. The highest BCUT2D eigenvalue weighted by molar-refractivity contribution is 7.89. The quantitative estimate of drug-likeness (QED) is 0.853. The van der Waals surface area contributed by atoms with Gasteiger partial charge in [0, 0.05) is 25.5 Å². The van der Waals surface area contributed by atoms with Crippen LogP contribution in [0.3, 0.4) is 0 Å². The Labute approximate surface area is 127 Å². The highest BCUT2D eigenvalue weighted by atomic mass is 32.2. The Morgan fingerprint density at radius 3 is 2.91 bits per heavy atom. The van der Waals surface area contributed by atoms with Crippen molar-refractivity contribution < 1.29 is 17.5 Å². The van der Waals surface area contributed by atoms with Gasteiger partial charge in [-0.3, -0.25) is 9.97 Å². The van der Waals surface area contributed by atoms with E-state index in [9.17, 15) is 12.8 Å². The van der Waals surface area contributed by atoms with Crippen molar-refractivity contribution in [2.45, 2.75) is 11.0 Å². The molecular weight excluding hydrogens is 309 g/mol. The Bertz CT molecular complexity index is 755. The molecule has 2 heterocycles. The van der Waals surface area contributed by atoms with Crippen molar-refractivity contribution >= 4 is 10.0 Å². The van der Waals surface area contributed by atoms with Crippen LogP contribution in [0, 0.1) is 5.82 Å². The molecule has 1 saturated heterocycles. The summed E-state index contributed by atoms with van der Waals surface area (Å²) >= 11 is 0. The molecule has 0 aliphatic carbocycles. The second-order valence-corrected chi connectivity index (χ2v) is 6.75. The van der Waals surface area contributed by atoms with Gasteiger partial charge in [0.2, 0.25) is 10.0 Å². The van der Waals surface area contributed by atoms with Gasteiger partial charge in [0.1, 0.15) is 11.9 Å². The lowest BCUT2D eigenvalue weighted by Crippen LogP contribution is -2.42. The normalized spacial score (nSPS) is 20.0. The molecule has 0 bridgehead atoms. The van der Waals surface area contributed by atoms with Gasteiger partial charge in [-0.15, -0.1) is 0 Å². The molecular formula is C14H14FN3O3S. The van der Waals surface area contributed by atoms with E-state index in [2.05, 4.69) is 9.97 Å². The maximum Gasteiger partial charge on any atom is 0.243 e. The van der Waals surface area contributed by atoms with Crippen LogP contribution in [0.5, 0.6) is 0 Å². The number of sulfonamides is 1. The average molecular weight is 323 g/mol. The van der Waals surface area contributed by atoms with E-state index >= 15 is 0 Å². The molecule has 0 radical (unpaired) electrons. The van der Waals surface area contributed by atoms with Crippen molar-refractivity contribution in [1.82, 2.24) is 14.3 Å². The Kier molecular flexibility index (Phi) is 4.14. The molecule has 6 nitrogen and oxygen atoms in total. The predicted octanol–water partition coefficient (Wildman–Crippen LogP) is 1.38. The summed E-state index contributed by atoms with van der Waals surface area (Å²) in [5.41, 5.74) is 0.571. The van der Waals surface area contributed by atoms with E-state index in [-0.39, 0.29) is 24.6 Å². The molecule has 1 atom stereocenters. The number of ether oxygens (including phenoxy) is 1. The minimum atomic E-state index is -3.76. The smallest absolute Gasteiger partial charge is 0.243 e. The number of halogens is 1. The van der Waals surface area contributed by atoms with Crippen molar-refractivity contribution in [3.05, 3.63) is 54.4 Å². The second-order valence-electron chi connectivity index (χ2n) is 4.81. The summed E-state index contributed by atoms with van der Waals surface area (Å²) in [5.74, 6) is -0.584. The summed E-state index contributed by atoms with van der Waals surface area (Å²) in [6.07, 6.45) is 4.13. The van der Waals surface area contributed by atoms with Gasteiger partial charge in [0.05, 0.1) is 23.4 Å². The molecule has 116 valence electrons. The molecule has 0 N–H and O–H groups in total. The minimum Gasteiger partial charge on any atom is -0.369 e. The van der Waals surface area contributed by atoms with Gasteiger partial charge in [-0.25, -0.2) is 12.8 Å². The highest BCUT2D eigenvalue weighted by Gasteiger charge is 2.32. The topological polar surface area (TPSA) is 72.4 Å². The standard InChI is InChI=1S/C14H14FN3O3S/c15-11-2-1-3-12(8-11)22(19,20)18-6-7-21-14(10-18)13-9-16-4-5-17-13/h1-5,8-9,14H,6-7,10H2. The van der Waals surface area contributed by atoms with Crippen LogP contribution < -0.4 is 0 Å². The number of rotatable bonds is 3. The van der Waals surface area contributed by atoms with Crippen LogP contribution in [0.15, 0.2) is 47.8 Å². The van der Waals surface area contributed by atoms with Gasteiger partial charge >= 0.3 is 0 Å². The maximum absolute atomic E-state index is 13.3. The van der Waals surface area contributed by atoms with Crippen molar-refractivity contribution in [3.8, 4) is 0 Å². The lowest BCUT2D eigenvalue weighted by molar-refractivity contribution is -0.00515. The lowest BCUT2D eigenvalue weighted by atomic mass is 10.2. The summed E-state index contributed by atoms with van der Waals surface area (Å²) in [6, 6.07) is 4.98. The van der Waals surface area contributed by atoms with Crippen LogP contribution in [0.1, 0.15) is 11.8 Å². The first-order valence-corrected chi connectivity index (χ1v) is 8.14. The number of benzene rings is 1. The van der Waals surface area contributed by atoms with Crippen LogP contribution >= 0.6 is 0 Å². The zero-order chi connectivity index (χ0) is 15.6. The van der Waals surface area contributed by atoms with Crippen molar-refractivity contribution in [2.75, 3.05) is 19.7 Å². The molecule has 3 rings (SSSR count). The summed E-state index contributed by atoms with van der Waals surface area (Å²) < 4.78 is 45.3. The van der Waals surface area contributed by atoms with Crippen LogP contribution in [0.2, 0.25) is 0 Å². The van der Waals surface area contributed by atoms with E-state index < -0.39 is 21.9 Å². The SMILES string of the molecule is O=S(=O)(c1cccc(F)c1)N1CCOC(c2cnccn2)C1. The fraction of sp³-hybridized carbons (Fsp3) is 0.286. The van der Waals surface area contributed by atoms with E-state index in [1.54, 1.807) is 6.20 Å². The Balaban J connectivity index is 1.85. The van der Waals surface area contributed by atoms with Gasteiger partial charge in [0.25, 0.3) is 0 Å². The van der Waals surface area contributed by atoms with Gasteiger partial charge in [-0.1, -0.05) is 6.07 Å². The summed E-state index contributed by atoms with van der Waals surface area (Å²) in [7, 11) is -3.76. The fourth-order valence-electron chi connectivity index (χ4n) is 2.28. The Hall–Kier alpha value is -1.90. The number of hydrogen-bond donors (Lipinski definition) is 0. The molecule has 1 fully saturated rings. The summed E-state index contributed by atoms with van der Waals surface area (Å²) in [4.78, 5) is 8.03. The highest BCUT2D eigenvalue weighted by Crippen LogP contribution is 2.25. The second kappa shape index (κ2) is 6.07. The van der Waals surface area contributed by atoms with Crippen molar-refractivity contribution in [1.29, 1.82) is 0 Å². The Morgan fingerprint density at radius 2 is 2.18 bits per heavy atom. The lowest BCUT2D eigenvalue weighted by Gasteiger charge is -2.31. The molecule has 1 unspecified atom stereocenters. The zero-order valence-electron chi connectivity index (χ0n) is 11.6. The molecule has 1 aromatic carbocycles. The molecule has 0 saturated carbocycles. The van der Waals surface area contributed by atoms with Crippen LogP contribution in [0.4, 0.5) is 4.39 Å². The number of nitrogens with zero attached hydrogens (tertiary/aromatic N) is 3. The molecule has 1 aliphatic rings. The monoisotopic (exact) mass is 323 g/mol. The number of aromatic nitrogens is 2. The molecule has 0 amide bonds. The molecule has 2 aromatic rings. The predicted molar refractivity (Wildman–Crippen MR) is 75.9 cm³/mol. The summed E-state index contributed by atoms with van der Waals surface area (Å²) in [5, 5.41) is 0. The van der Waals surface area contributed by atoms with Gasteiger partial charge in [-0.05, 0) is 18.2 Å². The number of morpholine rings is 1. The largest absolute Gasteiger partial charge is 0.369 e. The summed E-state index contributed by atoms with van der Waals surface area (Å²) in [6.45, 7) is 0.586. The van der Waals surface area contributed by atoms with Crippen LogP contribution in [-0.4, -0.2) is 42.4 Å². The van der Waals surface area contributed by atoms with E-state index in [4.69, 9.17) is 4.74 Å². The fourth-order valence-corrected chi connectivity index (χ4v) is 3.73. The third kappa shape index (κ3) is 2.99. The van der Waals surface area contributed by atoms with Gasteiger partial charge in [-0.2, -0.15) is 4.31 Å².